The lowest BCUT2D eigenvalue weighted by atomic mass is 10.2. The van der Waals surface area contributed by atoms with Gasteiger partial charge in [-0.05, 0) is 50.2 Å². The van der Waals surface area contributed by atoms with E-state index in [2.05, 4.69) is 15.4 Å². The molecule has 0 fully saturated rings. The molecule has 6 nitrogen and oxygen atoms in total. The normalized spacial score (nSPS) is 10.5. The lowest BCUT2D eigenvalue weighted by molar-refractivity contribution is 0.102. The third-order valence-electron chi connectivity index (χ3n) is 3.64. The summed E-state index contributed by atoms with van der Waals surface area (Å²) in [5.41, 5.74) is 3.82. The van der Waals surface area contributed by atoms with Gasteiger partial charge in [0.15, 0.2) is 0 Å². The van der Waals surface area contributed by atoms with E-state index in [4.69, 9.17) is 4.74 Å². The maximum absolute atomic E-state index is 12.5. The fourth-order valence-electron chi connectivity index (χ4n) is 2.48. The second-order valence-corrected chi connectivity index (χ2v) is 5.41. The molecular weight excluding hydrogens is 304 g/mol. The molecule has 0 aliphatic carbocycles. The zero-order chi connectivity index (χ0) is 17.1. The Kier molecular flexibility index (Phi) is 4.29. The van der Waals surface area contributed by atoms with Gasteiger partial charge in [-0.1, -0.05) is 0 Å². The average Bonchev–Trinajstić information content (AvgIpc) is 2.93. The van der Waals surface area contributed by atoms with Gasteiger partial charge in [0, 0.05) is 17.5 Å². The van der Waals surface area contributed by atoms with E-state index in [-0.39, 0.29) is 5.91 Å². The Balaban J connectivity index is 1.90. The fraction of sp³-hybridized carbons (Fsp3) is 0.167. The van der Waals surface area contributed by atoms with Crippen molar-refractivity contribution in [3.63, 3.8) is 0 Å². The van der Waals surface area contributed by atoms with Gasteiger partial charge >= 0.3 is 0 Å². The van der Waals surface area contributed by atoms with Crippen molar-refractivity contribution < 1.29 is 9.53 Å². The zero-order valence-corrected chi connectivity index (χ0v) is 13.8. The molecule has 0 aliphatic rings. The van der Waals surface area contributed by atoms with Crippen LogP contribution in [0.3, 0.4) is 0 Å². The molecule has 0 radical (unpaired) electrons. The first-order valence-electron chi connectivity index (χ1n) is 7.51. The number of nitrogens with one attached hydrogen (secondary N) is 1. The zero-order valence-electron chi connectivity index (χ0n) is 13.8. The van der Waals surface area contributed by atoms with E-state index >= 15 is 0 Å². The van der Waals surface area contributed by atoms with Crippen LogP contribution < -0.4 is 10.1 Å². The molecule has 24 heavy (non-hydrogen) atoms. The third-order valence-corrected chi connectivity index (χ3v) is 3.64. The van der Waals surface area contributed by atoms with Crippen LogP contribution in [0.5, 0.6) is 5.75 Å². The molecule has 6 heteroatoms. The van der Waals surface area contributed by atoms with Crippen molar-refractivity contribution in [2.45, 2.75) is 13.8 Å². The van der Waals surface area contributed by atoms with Crippen LogP contribution in [0, 0.1) is 13.8 Å². The van der Waals surface area contributed by atoms with E-state index < -0.39 is 0 Å². The van der Waals surface area contributed by atoms with E-state index in [0.717, 1.165) is 17.1 Å². The highest BCUT2D eigenvalue weighted by Crippen LogP contribution is 2.21. The van der Waals surface area contributed by atoms with Crippen LogP contribution in [0.1, 0.15) is 21.7 Å². The maximum atomic E-state index is 12.5. The minimum Gasteiger partial charge on any atom is -0.497 e. The molecule has 122 valence electrons. The number of carbonyl (C=O) groups is 1. The van der Waals surface area contributed by atoms with Gasteiger partial charge in [-0.15, -0.1) is 0 Å². The van der Waals surface area contributed by atoms with E-state index in [1.54, 1.807) is 48.5 Å². The molecule has 2 aromatic heterocycles. The quantitative estimate of drug-likeness (QED) is 0.801. The number of benzene rings is 1. The van der Waals surface area contributed by atoms with Crippen molar-refractivity contribution in [3.05, 3.63) is 65.7 Å². The first kappa shape index (κ1) is 15.7. The highest BCUT2D eigenvalue weighted by molar-refractivity contribution is 6.05. The minimum atomic E-state index is -0.214. The van der Waals surface area contributed by atoms with Gasteiger partial charge in [0.05, 0.1) is 30.4 Å². The Morgan fingerprint density at radius 2 is 1.92 bits per heavy atom. The molecular formula is C18H18N4O2. The number of nitrogens with zero attached hydrogens (tertiary/aromatic N) is 3. The summed E-state index contributed by atoms with van der Waals surface area (Å²) in [5, 5.41) is 7.36. The number of aryl methyl sites for hydroxylation is 2. The molecule has 0 unspecified atom stereocenters. The van der Waals surface area contributed by atoms with Gasteiger partial charge in [-0.2, -0.15) is 5.10 Å². The van der Waals surface area contributed by atoms with Gasteiger partial charge in [-0.3, -0.25) is 9.78 Å². The molecule has 0 saturated carbocycles. The molecule has 0 spiro atoms. The Morgan fingerprint density at radius 1 is 1.17 bits per heavy atom. The molecule has 3 aromatic rings. The molecule has 1 N–H and O–H groups in total. The summed E-state index contributed by atoms with van der Waals surface area (Å²) < 4.78 is 6.90. The summed E-state index contributed by atoms with van der Waals surface area (Å²) in [6, 6.07) is 10.7. The minimum absolute atomic E-state index is 0.214. The van der Waals surface area contributed by atoms with Crippen LogP contribution in [0.4, 0.5) is 5.69 Å². The number of hydrogen-bond acceptors (Lipinski definition) is 4. The maximum Gasteiger partial charge on any atom is 0.255 e. The Bertz CT molecular complexity index is 869. The number of hydrogen-bond donors (Lipinski definition) is 1. The van der Waals surface area contributed by atoms with Crippen LogP contribution in [0.2, 0.25) is 0 Å². The predicted molar refractivity (Wildman–Crippen MR) is 91.8 cm³/mol. The molecule has 1 aromatic carbocycles. The predicted octanol–water partition coefficient (Wildman–Crippen LogP) is 3.15. The average molecular weight is 322 g/mol. The van der Waals surface area contributed by atoms with Crippen LogP contribution >= 0.6 is 0 Å². The van der Waals surface area contributed by atoms with Crippen molar-refractivity contribution in [3.8, 4) is 11.4 Å². The standard InChI is InChI=1S/C18H18N4O2/c1-12-10-13(2)22(21-12)17-8-9-19-11-16(17)20-18(23)14-4-6-15(24-3)7-5-14/h4-11H,1-3H3,(H,20,23). The summed E-state index contributed by atoms with van der Waals surface area (Å²) in [6.45, 7) is 3.90. The second-order valence-electron chi connectivity index (χ2n) is 5.41. The van der Waals surface area contributed by atoms with E-state index in [1.165, 1.54) is 0 Å². The number of ether oxygens (including phenoxy) is 1. The molecule has 3 rings (SSSR count). The lowest BCUT2D eigenvalue weighted by Crippen LogP contribution is -2.14. The Labute approximate surface area is 140 Å². The number of rotatable bonds is 4. The van der Waals surface area contributed by atoms with Crippen molar-refractivity contribution in [2.24, 2.45) is 0 Å². The highest BCUT2D eigenvalue weighted by atomic mass is 16.5. The van der Waals surface area contributed by atoms with Crippen molar-refractivity contribution in [2.75, 3.05) is 12.4 Å². The molecule has 2 heterocycles. The highest BCUT2D eigenvalue weighted by Gasteiger charge is 2.13. The monoisotopic (exact) mass is 322 g/mol. The van der Waals surface area contributed by atoms with Crippen molar-refractivity contribution in [1.29, 1.82) is 0 Å². The summed E-state index contributed by atoms with van der Waals surface area (Å²) in [6.07, 6.45) is 3.29. The number of amides is 1. The van der Waals surface area contributed by atoms with E-state index in [0.29, 0.717) is 17.0 Å². The summed E-state index contributed by atoms with van der Waals surface area (Å²) in [7, 11) is 1.59. The summed E-state index contributed by atoms with van der Waals surface area (Å²) >= 11 is 0. The van der Waals surface area contributed by atoms with Crippen LogP contribution in [-0.4, -0.2) is 27.8 Å². The largest absolute Gasteiger partial charge is 0.497 e. The second kappa shape index (κ2) is 6.54. The SMILES string of the molecule is COc1ccc(C(=O)Nc2cnccc2-n2nc(C)cc2C)cc1. The van der Waals surface area contributed by atoms with Gasteiger partial charge in [0.1, 0.15) is 5.75 Å². The van der Waals surface area contributed by atoms with Gasteiger partial charge < -0.3 is 10.1 Å². The number of carbonyl (C=O) groups excluding carboxylic acids is 1. The molecule has 0 saturated heterocycles. The summed E-state index contributed by atoms with van der Waals surface area (Å²) in [5.74, 6) is 0.490. The van der Waals surface area contributed by atoms with Crippen LogP contribution in [-0.2, 0) is 0 Å². The van der Waals surface area contributed by atoms with Gasteiger partial charge in [0.2, 0.25) is 0 Å². The topological polar surface area (TPSA) is 69.0 Å². The van der Waals surface area contributed by atoms with Crippen molar-refractivity contribution >= 4 is 11.6 Å². The van der Waals surface area contributed by atoms with E-state index in [9.17, 15) is 4.79 Å². The first-order valence-corrected chi connectivity index (χ1v) is 7.51. The third kappa shape index (κ3) is 3.12. The first-order chi connectivity index (χ1) is 11.6. The number of aromatic nitrogens is 3. The molecule has 1 amide bonds. The molecule has 0 aliphatic heterocycles. The smallest absolute Gasteiger partial charge is 0.255 e. The van der Waals surface area contributed by atoms with Crippen molar-refractivity contribution in [1.82, 2.24) is 14.8 Å². The number of methoxy groups -OCH3 is 1. The summed E-state index contributed by atoms with van der Waals surface area (Å²) in [4.78, 5) is 16.6. The Morgan fingerprint density at radius 3 is 2.54 bits per heavy atom. The lowest BCUT2D eigenvalue weighted by Gasteiger charge is -2.12. The number of pyridine rings is 1. The van der Waals surface area contributed by atoms with Gasteiger partial charge in [-0.25, -0.2) is 4.68 Å². The van der Waals surface area contributed by atoms with Crippen LogP contribution in [0.15, 0.2) is 48.8 Å². The van der Waals surface area contributed by atoms with E-state index in [1.807, 2.05) is 26.0 Å². The Hall–Kier alpha value is -3.15. The fourth-order valence-corrected chi connectivity index (χ4v) is 2.48. The van der Waals surface area contributed by atoms with Gasteiger partial charge in [0.25, 0.3) is 5.91 Å². The van der Waals surface area contributed by atoms with Crippen LogP contribution in [0.25, 0.3) is 5.69 Å². The molecule has 0 atom stereocenters. The molecule has 0 bridgehead atoms. The number of anilines is 1.